The van der Waals surface area contributed by atoms with E-state index in [9.17, 15) is 14.7 Å². The summed E-state index contributed by atoms with van der Waals surface area (Å²) in [7, 11) is -1.35. The number of carbonyl (C=O) groups is 2. The molecule has 14 heteroatoms. The molecule has 0 spiro atoms. The highest BCUT2D eigenvalue weighted by atomic mass is 32.2. The van der Waals surface area contributed by atoms with Crippen LogP contribution in [0.1, 0.15) is 49.9 Å². The molecule has 1 aliphatic heterocycles. The molecule has 1 saturated carbocycles. The number of benzene rings is 1. The number of terminal acetylenes is 1. The van der Waals surface area contributed by atoms with Gasteiger partial charge < -0.3 is 24.6 Å². The summed E-state index contributed by atoms with van der Waals surface area (Å²) in [5.41, 5.74) is -3.28. The van der Waals surface area contributed by atoms with Gasteiger partial charge in [-0.3, -0.25) is 9.59 Å². The minimum Gasteiger partial charge on any atom is -0.480 e. The zero-order chi connectivity index (χ0) is 34.5. The number of aliphatic imine (C=N–C) groups is 1. The van der Waals surface area contributed by atoms with Crippen molar-refractivity contribution < 1.29 is 37.7 Å². The minimum atomic E-state index is -1.70. The number of fused-ring (bicyclic) bond motifs is 1. The van der Waals surface area contributed by atoms with Crippen molar-refractivity contribution in [2.75, 3.05) is 26.6 Å². The number of carbonyl (C=O) groups excluding carboxylic acids is 1. The summed E-state index contributed by atoms with van der Waals surface area (Å²) in [4.78, 5) is 39.3. The number of nitrogens with zero attached hydrogens (tertiary/aromatic N) is 3. The first-order valence-corrected chi connectivity index (χ1v) is 19.8. The van der Waals surface area contributed by atoms with Gasteiger partial charge >= 0.3 is 11.9 Å². The van der Waals surface area contributed by atoms with E-state index in [4.69, 9.17) is 20.6 Å². The number of hydrogen-bond acceptors (Lipinski definition) is 9. The maximum atomic E-state index is 15.9. The van der Waals surface area contributed by atoms with Crippen molar-refractivity contribution in [2.24, 2.45) is 10.4 Å². The van der Waals surface area contributed by atoms with E-state index in [1.807, 2.05) is 6.92 Å². The van der Waals surface area contributed by atoms with Crippen LogP contribution in [0, 0.1) is 23.6 Å². The third-order valence-corrected chi connectivity index (χ3v) is 11.4. The summed E-state index contributed by atoms with van der Waals surface area (Å²) >= 11 is 0.903. The lowest BCUT2D eigenvalue weighted by molar-refractivity contribution is -0.157. The molecule has 2 aromatic rings. The quantitative estimate of drug-likeness (QED) is 0.101. The maximum absolute atomic E-state index is 15.9. The molecular weight excluding hydrogens is 647 g/mol. The summed E-state index contributed by atoms with van der Waals surface area (Å²) in [5, 5.41) is 13.9. The zero-order valence-corrected chi connectivity index (χ0v) is 29.0. The highest BCUT2D eigenvalue weighted by molar-refractivity contribution is 8.16. The summed E-state index contributed by atoms with van der Waals surface area (Å²) < 4.78 is 46.0. The number of rotatable bonds is 15. The zero-order valence-electron chi connectivity index (χ0n) is 27.2. The Balaban J connectivity index is 1.74. The average Bonchev–Trinajstić information content (AvgIpc) is 3.73. The number of carboxylic acids is 1. The lowest BCUT2D eigenvalue weighted by Gasteiger charge is -2.44. The number of hydrogen-bond donors (Lipinski definition) is 2. The van der Waals surface area contributed by atoms with Gasteiger partial charge in [-0.1, -0.05) is 56.7 Å². The van der Waals surface area contributed by atoms with Crippen molar-refractivity contribution in [1.29, 1.82) is 0 Å². The van der Waals surface area contributed by atoms with E-state index in [0.717, 1.165) is 36.4 Å². The number of aromatic nitrogens is 2. The van der Waals surface area contributed by atoms with Gasteiger partial charge in [0, 0.05) is 20.2 Å². The lowest BCUT2D eigenvalue weighted by Crippen LogP contribution is -2.61. The molecule has 0 radical (unpaired) electrons. The first-order valence-electron chi connectivity index (χ1n) is 15.3. The van der Waals surface area contributed by atoms with Crippen LogP contribution in [-0.2, 0) is 24.6 Å². The molecule has 252 valence electrons. The number of aliphatic carboxylic acids is 1. The van der Waals surface area contributed by atoms with Crippen molar-refractivity contribution in [3.63, 3.8) is 0 Å². The molecule has 3 atom stereocenters. The van der Waals surface area contributed by atoms with Gasteiger partial charge in [0.25, 0.3) is 0 Å². The third kappa shape index (κ3) is 7.52. The number of amidine groups is 1. The van der Waals surface area contributed by atoms with Crippen LogP contribution in [0.3, 0.4) is 0 Å². The van der Waals surface area contributed by atoms with E-state index in [0.29, 0.717) is 13.0 Å². The van der Waals surface area contributed by atoms with Gasteiger partial charge in [0.1, 0.15) is 28.4 Å². The highest BCUT2D eigenvalue weighted by Gasteiger charge is 2.87. The summed E-state index contributed by atoms with van der Waals surface area (Å²) in [6, 6.07) is 4.80. The molecule has 2 aliphatic rings. The molecule has 2 heterocycles. The van der Waals surface area contributed by atoms with Gasteiger partial charge in [-0.05, 0) is 49.6 Å². The molecule has 1 saturated heterocycles. The lowest BCUT2D eigenvalue weighted by atomic mass is 9.74. The number of unbranched alkanes of at least 4 members (excludes halogenated alkanes) is 1. The molecule has 1 aliphatic carbocycles. The fourth-order valence-electron chi connectivity index (χ4n) is 5.50. The van der Waals surface area contributed by atoms with E-state index < -0.39 is 47.4 Å². The molecule has 2 fully saturated rings. The number of halogens is 2. The number of thioether (sulfide) groups is 1. The van der Waals surface area contributed by atoms with Crippen molar-refractivity contribution in [3.8, 4) is 18.2 Å². The van der Waals surface area contributed by atoms with E-state index in [1.54, 1.807) is 6.92 Å². The topological polar surface area (TPSA) is 132 Å². The van der Waals surface area contributed by atoms with Crippen LogP contribution in [0.2, 0.25) is 25.7 Å². The minimum absolute atomic E-state index is 0.0230. The second-order valence-corrected chi connectivity index (χ2v) is 19.7. The molecular formula is C33H40F2N4O6SSi. The van der Waals surface area contributed by atoms with Gasteiger partial charge in [-0.15, -0.1) is 6.42 Å². The van der Waals surface area contributed by atoms with Crippen LogP contribution >= 0.6 is 11.8 Å². The smallest absolute Gasteiger partial charge is 0.321 e. The Kier molecular flexibility index (Phi) is 11.1. The molecule has 4 rings (SSSR count). The summed E-state index contributed by atoms with van der Waals surface area (Å²) in [6.45, 7) is 10.7. The van der Waals surface area contributed by atoms with Gasteiger partial charge in [-0.2, -0.15) is 0 Å². The van der Waals surface area contributed by atoms with Crippen LogP contribution in [-0.4, -0.2) is 71.6 Å². The predicted octanol–water partition coefficient (Wildman–Crippen LogP) is 5.87. The van der Waals surface area contributed by atoms with Crippen LogP contribution in [0.4, 0.5) is 8.78 Å². The second-order valence-electron chi connectivity index (χ2n) is 12.8. The van der Waals surface area contributed by atoms with E-state index in [1.165, 1.54) is 24.5 Å². The standard InChI is InChI=1S/C33H40F2N4O6SSi/c1-7-9-13-45-29(42)32-20-33(32,28(40)41)46-30(38-21-43-14-15-47(4,5)6)39-31(32,3)23-16-22(10-11-24(23)34)17-25(35)26-18-37-27(19-36-26)44-12-8-2/h2,10-11,16-19H,7,9,12-15,20-21H2,1,3-6H3,(H,38,39)(H,40,41). The van der Waals surface area contributed by atoms with E-state index >= 15 is 8.78 Å². The molecule has 47 heavy (non-hydrogen) atoms. The average molecular weight is 687 g/mol. The molecule has 3 unspecified atom stereocenters. The normalized spacial score (nSPS) is 24.6. The Hall–Kier alpha value is -3.80. The third-order valence-electron chi connectivity index (χ3n) is 8.28. The summed E-state index contributed by atoms with van der Waals surface area (Å²) in [5.74, 6) is -1.07. The molecule has 0 amide bonds. The van der Waals surface area contributed by atoms with E-state index in [2.05, 4.69) is 45.8 Å². The van der Waals surface area contributed by atoms with Crippen LogP contribution in [0.5, 0.6) is 5.88 Å². The Bertz CT molecular complexity index is 1590. The van der Waals surface area contributed by atoms with Crippen molar-refractivity contribution >= 4 is 48.8 Å². The molecule has 10 nitrogen and oxygen atoms in total. The SMILES string of the molecule is C#CCOc1cnc(C(F)=Cc2ccc(F)c(C3(C)NC(=NCOCC[Si](C)(C)C)SC4(C(=O)O)CC43C(=O)OCCCC)c2)cn1. The fraction of sp³-hybridized carbons (Fsp3) is 0.485. The number of esters is 1. The van der Waals surface area contributed by atoms with Gasteiger partial charge in [0.2, 0.25) is 5.88 Å². The van der Waals surface area contributed by atoms with Gasteiger partial charge in [0.15, 0.2) is 17.6 Å². The Labute approximate surface area is 278 Å². The summed E-state index contributed by atoms with van der Waals surface area (Å²) in [6.07, 6.45) is 9.90. The first kappa shape index (κ1) is 36.0. The van der Waals surface area contributed by atoms with Crippen molar-refractivity contribution in [1.82, 2.24) is 15.3 Å². The van der Waals surface area contributed by atoms with Crippen LogP contribution in [0.15, 0.2) is 35.6 Å². The predicted molar refractivity (Wildman–Crippen MR) is 180 cm³/mol. The van der Waals surface area contributed by atoms with Gasteiger partial charge in [0.05, 0.1) is 24.5 Å². The number of nitrogens with one attached hydrogen (secondary N) is 1. The second kappa shape index (κ2) is 14.5. The fourth-order valence-corrected chi connectivity index (χ4v) is 7.80. The molecule has 1 aromatic heterocycles. The van der Waals surface area contributed by atoms with Crippen molar-refractivity contribution in [3.05, 3.63) is 53.2 Å². The molecule has 1 aromatic carbocycles. The highest BCUT2D eigenvalue weighted by Crippen LogP contribution is 2.74. The largest absolute Gasteiger partial charge is 0.480 e. The first-order chi connectivity index (χ1) is 22.2. The Morgan fingerprint density at radius 3 is 2.66 bits per heavy atom. The van der Waals surface area contributed by atoms with Gasteiger partial charge in [-0.25, -0.2) is 23.7 Å². The molecule has 2 N–H and O–H groups in total. The number of carboxylic acid groups (broad SMARTS) is 1. The molecule has 0 bridgehead atoms. The van der Waals surface area contributed by atoms with E-state index in [-0.39, 0.29) is 54.2 Å². The Morgan fingerprint density at radius 2 is 2.02 bits per heavy atom. The monoisotopic (exact) mass is 686 g/mol. The number of ether oxygens (including phenoxy) is 3. The van der Waals surface area contributed by atoms with Crippen molar-refractivity contribution in [2.45, 2.75) is 69.1 Å². The maximum Gasteiger partial charge on any atom is 0.321 e. The Morgan fingerprint density at radius 1 is 1.26 bits per heavy atom. The van der Waals surface area contributed by atoms with Crippen LogP contribution < -0.4 is 10.1 Å². The van der Waals surface area contributed by atoms with Crippen LogP contribution in [0.25, 0.3) is 11.9 Å².